The quantitative estimate of drug-likeness (QED) is 0.647. The monoisotopic (exact) mass is 267 g/mol. The molecule has 1 saturated heterocycles. The van der Waals surface area contributed by atoms with Gasteiger partial charge in [0.2, 0.25) is 0 Å². The maximum absolute atomic E-state index is 11.8. The van der Waals surface area contributed by atoms with E-state index in [2.05, 4.69) is 15.5 Å². The van der Waals surface area contributed by atoms with Crippen LogP contribution in [0.5, 0.6) is 0 Å². The van der Waals surface area contributed by atoms with Gasteiger partial charge in [-0.2, -0.15) is 0 Å². The van der Waals surface area contributed by atoms with E-state index in [0.717, 1.165) is 25.9 Å². The second-order valence-corrected chi connectivity index (χ2v) is 5.39. The van der Waals surface area contributed by atoms with Crippen molar-refractivity contribution in [3.8, 4) is 0 Å². The van der Waals surface area contributed by atoms with Crippen molar-refractivity contribution in [3.63, 3.8) is 0 Å². The van der Waals surface area contributed by atoms with Crippen LogP contribution < -0.4 is 10.6 Å². The van der Waals surface area contributed by atoms with Crippen molar-refractivity contribution < 1.29 is 14.7 Å². The van der Waals surface area contributed by atoms with Crippen molar-refractivity contribution in [1.29, 1.82) is 0 Å². The van der Waals surface area contributed by atoms with E-state index in [1.165, 1.54) is 0 Å². The fourth-order valence-electron chi connectivity index (χ4n) is 2.67. The highest BCUT2D eigenvalue weighted by molar-refractivity contribution is 5.76. The maximum Gasteiger partial charge on any atom is 0.315 e. The van der Waals surface area contributed by atoms with Gasteiger partial charge in [-0.25, -0.2) is 4.79 Å². The lowest BCUT2D eigenvalue weighted by molar-refractivity contribution is -0.140. The Labute approximate surface area is 112 Å². The minimum atomic E-state index is -0.838. The Kier molecular flexibility index (Phi) is 4.42. The highest BCUT2D eigenvalue weighted by atomic mass is 16.4. The lowest BCUT2D eigenvalue weighted by Crippen LogP contribution is -2.51. The summed E-state index contributed by atoms with van der Waals surface area (Å²) in [6, 6.07) is -0.206. The van der Waals surface area contributed by atoms with Gasteiger partial charge in [-0.3, -0.25) is 4.79 Å². The highest BCUT2D eigenvalue weighted by Gasteiger charge is 2.26. The van der Waals surface area contributed by atoms with Crippen molar-refractivity contribution in [2.45, 2.75) is 31.3 Å². The maximum atomic E-state index is 11.8. The number of nitrogens with zero attached hydrogens (tertiary/aromatic N) is 1. The zero-order chi connectivity index (χ0) is 13.8. The molecule has 0 saturated carbocycles. The lowest BCUT2D eigenvalue weighted by atomic mass is 10.1. The molecule has 0 aromatic carbocycles. The standard InChI is InChI=1S/C13H21N3O3/c1-16-6-2-3-11(8-16)15-13(19)14-10-5-4-9(7-10)12(17)18/h4-5,9-11H,2-3,6-8H2,1H3,(H,17,18)(H2,14,15,19). The number of nitrogens with one attached hydrogen (secondary N) is 2. The molecule has 6 nitrogen and oxygen atoms in total. The van der Waals surface area contributed by atoms with Crippen molar-refractivity contribution in [1.82, 2.24) is 15.5 Å². The number of aliphatic carboxylic acids is 1. The fraction of sp³-hybridized carbons (Fsp3) is 0.692. The number of rotatable bonds is 3. The van der Waals surface area contributed by atoms with Crippen LogP contribution >= 0.6 is 0 Å². The number of carboxylic acids is 1. The van der Waals surface area contributed by atoms with E-state index < -0.39 is 11.9 Å². The number of likely N-dealkylation sites (N-methyl/N-ethyl adjacent to an activating group) is 1. The molecule has 0 bridgehead atoms. The molecular formula is C13H21N3O3. The molecule has 2 amide bonds. The zero-order valence-electron chi connectivity index (χ0n) is 11.1. The van der Waals surface area contributed by atoms with Crippen LogP contribution in [-0.4, -0.2) is 54.2 Å². The van der Waals surface area contributed by atoms with Gasteiger partial charge in [0.05, 0.1) is 12.0 Å². The Hall–Kier alpha value is -1.56. The third-order valence-corrected chi connectivity index (χ3v) is 3.68. The Balaban J connectivity index is 1.73. The smallest absolute Gasteiger partial charge is 0.315 e. The van der Waals surface area contributed by atoms with Crippen LogP contribution in [0.2, 0.25) is 0 Å². The molecule has 3 atom stereocenters. The summed E-state index contributed by atoms with van der Waals surface area (Å²) in [6.45, 7) is 1.94. The van der Waals surface area contributed by atoms with E-state index in [4.69, 9.17) is 5.11 Å². The van der Waals surface area contributed by atoms with Crippen LogP contribution in [0, 0.1) is 5.92 Å². The van der Waals surface area contributed by atoms with Crippen LogP contribution in [0.1, 0.15) is 19.3 Å². The average molecular weight is 267 g/mol. The van der Waals surface area contributed by atoms with E-state index in [0.29, 0.717) is 6.42 Å². The third-order valence-electron chi connectivity index (χ3n) is 3.68. The highest BCUT2D eigenvalue weighted by Crippen LogP contribution is 2.17. The number of hydrogen-bond acceptors (Lipinski definition) is 3. The first-order valence-electron chi connectivity index (χ1n) is 6.71. The molecule has 106 valence electrons. The van der Waals surface area contributed by atoms with E-state index in [1.807, 2.05) is 7.05 Å². The molecule has 3 N–H and O–H groups in total. The van der Waals surface area contributed by atoms with Crippen molar-refractivity contribution in [2.75, 3.05) is 20.1 Å². The van der Waals surface area contributed by atoms with Gasteiger partial charge in [0.15, 0.2) is 0 Å². The minimum Gasteiger partial charge on any atom is -0.481 e. The molecule has 0 spiro atoms. The fourth-order valence-corrected chi connectivity index (χ4v) is 2.67. The molecule has 2 aliphatic rings. The molecule has 0 aromatic heterocycles. The number of carbonyl (C=O) groups is 2. The molecule has 0 radical (unpaired) electrons. The van der Waals surface area contributed by atoms with E-state index in [1.54, 1.807) is 12.2 Å². The van der Waals surface area contributed by atoms with Gasteiger partial charge >= 0.3 is 12.0 Å². The van der Waals surface area contributed by atoms with Crippen molar-refractivity contribution in [2.24, 2.45) is 5.92 Å². The number of hydrogen-bond donors (Lipinski definition) is 3. The summed E-state index contributed by atoms with van der Waals surface area (Å²) in [5.74, 6) is -1.32. The number of amides is 2. The summed E-state index contributed by atoms with van der Waals surface area (Å²) >= 11 is 0. The first-order chi connectivity index (χ1) is 9.04. The lowest BCUT2D eigenvalue weighted by Gasteiger charge is -2.30. The molecule has 0 aromatic rings. The van der Waals surface area contributed by atoms with Crippen LogP contribution in [0.25, 0.3) is 0 Å². The van der Waals surface area contributed by atoms with Gasteiger partial charge in [0.1, 0.15) is 0 Å². The number of carbonyl (C=O) groups excluding carboxylic acids is 1. The van der Waals surface area contributed by atoms with Crippen LogP contribution in [0.15, 0.2) is 12.2 Å². The van der Waals surface area contributed by atoms with Gasteiger partial charge < -0.3 is 20.6 Å². The predicted molar refractivity (Wildman–Crippen MR) is 70.9 cm³/mol. The summed E-state index contributed by atoms with van der Waals surface area (Å²) in [4.78, 5) is 24.8. The zero-order valence-corrected chi connectivity index (χ0v) is 11.1. The number of urea groups is 1. The molecule has 1 fully saturated rings. The first-order valence-corrected chi connectivity index (χ1v) is 6.71. The van der Waals surface area contributed by atoms with Gasteiger partial charge in [-0.05, 0) is 32.9 Å². The SMILES string of the molecule is CN1CCCC(NC(=O)NC2C=CC(C(=O)O)C2)C1. The number of piperidine rings is 1. The summed E-state index contributed by atoms with van der Waals surface area (Å²) in [6.07, 6.45) is 5.92. The van der Waals surface area contributed by atoms with Crippen molar-refractivity contribution >= 4 is 12.0 Å². The summed E-state index contributed by atoms with van der Waals surface area (Å²) in [5, 5.41) is 14.6. The summed E-state index contributed by atoms with van der Waals surface area (Å²) in [7, 11) is 2.04. The topological polar surface area (TPSA) is 81.7 Å². The second kappa shape index (κ2) is 6.06. The second-order valence-electron chi connectivity index (χ2n) is 5.39. The first kappa shape index (κ1) is 13.9. The normalized spacial score (nSPS) is 31.1. The Morgan fingerprint density at radius 3 is 2.74 bits per heavy atom. The molecule has 2 rings (SSSR count). The molecule has 6 heteroatoms. The van der Waals surface area contributed by atoms with E-state index in [-0.39, 0.29) is 18.1 Å². The average Bonchev–Trinajstić information content (AvgIpc) is 2.77. The van der Waals surface area contributed by atoms with Crippen LogP contribution in [0.4, 0.5) is 4.79 Å². The summed E-state index contributed by atoms with van der Waals surface area (Å²) < 4.78 is 0. The summed E-state index contributed by atoms with van der Waals surface area (Å²) in [5.41, 5.74) is 0. The van der Waals surface area contributed by atoms with Gasteiger partial charge in [-0.1, -0.05) is 12.2 Å². The van der Waals surface area contributed by atoms with Crippen LogP contribution in [0.3, 0.4) is 0 Å². The number of likely N-dealkylation sites (tertiary alicyclic amines) is 1. The number of carboxylic acid groups (broad SMARTS) is 1. The molecule has 1 aliphatic carbocycles. The van der Waals surface area contributed by atoms with Crippen LogP contribution in [-0.2, 0) is 4.79 Å². The van der Waals surface area contributed by atoms with E-state index >= 15 is 0 Å². The third kappa shape index (κ3) is 3.96. The van der Waals surface area contributed by atoms with Gasteiger partial charge in [-0.15, -0.1) is 0 Å². The van der Waals surface area contributed by atoms with Gasteiger partial charge in [0, 0.05) is 12.6 Å². The molecular weight excluding hydrogens is 246 g/mol. The molecule has 1 aliphatic heterocycles. The van der Waals surface area contributed by atoms with E-state index in [9.17, 15) is 9.59 Å². The largest absolute Gasteiger partial charge is 0.481 e. The minimum absolute atomic E-state index is 0.178. The Morgan fingerprint density at radius 2 is 2.11 bits per heavy atom. The molecule has 1 heterocycles. The Morgan fingerprint density at radius 1 is 1.32 bits per heavy atom. The van der Waals surface area contributed by atoms with Crippen molar-refractivity contribution in [3.05, 3.63) is 12.2 Å². The predicted octanol–water partition coefficient (Wildman–Crippen LogP) is 0.409. The molecule has 19 heavy (non-hydrogen) atoms. The molecule has 3 unspecified atom stereocenters. The van der Waals surface area contributed by atoms with Gasteiger partial charge in [0.25, 0.3) is 0 Å². The Bertz CT molecular complexity index is 383.